The van der Waals surface area contributed by atoms with Crippen molar-refractivity contribution in [1.29, 1.82) is 0 Å². The van der Waals surface area contributed by atoms with Crippen LogP contribution in [0.15, 0.2) is 138 Å². The fraction of sp³-hybridized carbons (Fsp3) is 0.0789. The van der Waals surface area contributed by atoms with Crippen molar-refractivity contribution < 1.29 is 9.15 Å². The quantitative estimate of drug-likeness (QED) is 0.221. The maximum atomic E-state index is 6.58. The van der Waals surface area contributed by atoms with E-state index in [1.165, 1.54) is 11.1 Å². The maximum Gasteiger partial charge on any atom is 0.141 e. The predicted octanol–water partition coefficient (Wildman–Crippen LogP) is 10.5. The lowest BCUT2D eigenvalue weighted by molar-refractivity contribution is 0.483. The smallest absolute Gasteiger partial charge is 0.141 e. The molecule has 0 bridgehead atoms. The summed E-state index contributed by atoms with van der Waals surface area (Å²) < 4.78 is 13.0. The summed E-state index contributed by atoms with van der Waals surface area (Å²) in [5.41, 5.74) is 9.23. The van der Waals surface area contributed by atoms with Gasteiger partial charge in [-0.2, -0.15) is 0 Å². The molecule has 1 aliphatic rings. The maximum absolute atomic E-state index is 6.58. The Hall–Kier alpha value is -5.35. The molecule has 0 spiro atoms. The van der Waals surface area contributed by atoms with E-state index in [1.807, 2.05) is 60.7 Å². The van der Waals surface area contributed by atoms with Crippen LogP contribution in [0.1, 0.15) is 25.0 Å². The molecule has 2 aromatic heterocycles. The number of anilines is 3. The van der Waals surface area contributed by atoms with Gasteiger partial charge in [0.25, 0.3) is 0 Å². The Balaban J connectivity index is 1.26. The Morgan fingerprint density at radius 3 is 2.33 bits per heavy atom. The van der Waals surface area contributed by atoms with E-state index in [4.69, 9.17) is 9.15 Å². The number of aromatic nitrogens is 1. The van der Waals surface area contributed by atoms with Gasteiger partial charge in [-0.15, -0.1) is 0 Å². The van der Waals surface area contributed by atoms with Gasteiger partial charge in [0.15, 0.2) is 0 Å². The summed E-state index contributed by atoms with van der Waals surface area (Å²) in [5, 5.41) is 2.28. The van der Waals surface area contributed by atoms with Crippen LogP contribution in [0.4, 0.5) is 17.1 Å². The van der Waals surface area contributed by atoms with Crippen LogP contribution >= 0.6 is 0 Å². The number of hydrogen-bond donors (Lipinski definition) is 0. The molecule has 5 aromatic carbocycles. The van der Waals surface area contributed by atoms with E-state index in [9.17, 15) is 0 Å². The molecule has 3 heterocycles. The van der Waals surface area contributed by atoms with Gasteiger partial charge in [-0.3, -0.25) is 4.98 Å². The van der Waals surface area contributed by atoms with Crippen LogP contribution in [-0.4, -0.2) is 4.98 Å². The van der Waals surface area contributed by atoms with Crippen molar-refractivity contribution in [1.82, 2.24) is 4.98 Å². The largest absolute Gasteiger partial charge is 0.457 e. The molecule has 0 atom stereocenters. The highest BCUT2D eigenvalue weighted by atomic mass is 16.5. The average molecular weight is 545 g/mol. The first kappa shape index (κ1) is 24.4. The number of fused-ring (bicyclic) bond motifs is 6. The standard InChI is InChI=1S/C38H28N2O2/c1-38(2)31-16-4-5-18-33(31)40(34-21-20-30-29-15-3-6-19-35(29)42-37(30)36(34)38)26-12-10-14-28(24-26)41-27-13-9-11-25(23-27)32-17-7-8-22-39-32/h3-24H,1-2H3. The molecule has 7 aromatic rings. The molecule has 42 heavy (non-hydrogen) atoms. The number of para-hydroxylation sites is 2. The zero-order chi connectivity index (χ0) is 28.3. The van der Waals surface area contributed by atoms with E-state index < -0.39 is 0 Å². The van der Waals surface area contributed by atoms with Gasteiger partial charge < -0.3 is 14.1 Å². The van der Waals surface area contributed by atoms with E-state index in [0.29, 0.717) is 0 Å². The molecule has 0 saturated carbocycles. The summed E-state index contributed by atoms with van der Waals surface area (Å²) >= 11 is 0. The molecule has 202 valence electrons. The third-order valence-corrected chi connectivity index (χ3v) is 8.32. The molecule has 0 radical (unpaired) electrons. The third kappa shape index (κ3) is 3.80. The van der Waals surface area contributed by atoms with Crippen molar-refractivity contribution >= 4 is 39.0 Å². The first-order chi connectivity index (χ1) is 20.6. The number of rotatable bonds is 4. The second-order valence-corrected chi connectivity index (χ2v) is 11.3. The number of furan rings is 1. The fourth-order valence-electron chi connectivity index (χ4n) is 6.38. The van der Waals surface area contributed by atoms with Crippen molar-refractivity contribution in [3.63, 3.8) is 0 Å². The number of benzene rings is 5. The number of hydrogen-bond acceptors (Lipinski definition) is 4. The Labute approximate surface area is 244 Å². The molecule has 0 saturated heterocycles. The second-order valence-electron chi connectivity index (χ2n) is 11.3. The molecule has 1 aliphatic heterocycles. The summed E-state index contributed by atoms with van der Waals surface area (Å²) in [6.07, 6.45) is 1.81. The van der Waals surface area contributed by atoms with E-state index in [2.05, 4.69) is 90.5 Å². The van der Waals surface area contributed by atoms with Crippen LogP contribution in [0.25, 0.3) is 33.2 Å². The van der Waals surface area contributed by atoms with Gasteiger partial charge in [-0.25, -0.2) is 0 Å². The van der Waals surface area contributed by atoms with Crippen LogP contribution in [0, 0.1) is 0 Å². The van der Waals surface area contributed by atoms with Crippen molar-refractivity contribution in [3.05, 3.63) is 145 Å². The summed E-state index contributed by atoms with van der Waals surface area (Å²) in [6.45, 7) is 4.59. The molecule has 4 heteroatoms. The highest BCUT2D eigenvalue weighted by Gasteiger charge is 2.39. The van der Waals surface area contributed by atoms with Crippen molar-refractivity contribution in [2.75, 3.05) is 4.90 Å². The summed E-state index contributed by atoms with van der Waals surface area (Å²) in [6, 6.07) is 43.7. The van der Waals surface area contributed by atoms with Gasteiger partial charge in [0.2, 0.25) is 0 Å². The first-order valence-electron chi connectivity index (χ1n) is 14.2. The number of pyridine rings is 1. The predicted molar refractivity (Wildman–Crippen MR) is 170 cm³/mol. The van der Waals surface area contributed by atoms with Crippen LogP contribution < -0.4 is 9.64 Å². The molecule has 0 amide bonds. The minimum atomic E-state index is -0.268. The van der Waals surface area contributed by atoms with E-state index >= 15 is 0 Å². The molecule has 0 fully saturated rings. The Kier molecular flexibility index (Phi) is 5.44. The highest BCUT2D eigenvalue weighted by molar-refractivity contribution is 6.09. The monoisotopic (exact) mass is 544 g/mol. The van der Waals surface area contributed by atoms with Crippen LogP contribution in [0.5, 0.6) is 11.5 Å². The first-order valence-corrected chi connectivity index (χ1v) is 14.2. The molecule has 8 rings (SSSR count). The van der Waals surface area contributed by atoms with Gasteiger partial charge in [-0.05, 0) is 66.2 Å². The SMILES string of the molecule is CC1(C)c2ccccc2N(c2cccc(Oc3cccc(-c4ccccn4)c3)c2)c2ccc3c(oc4ccccc43)c21. The van der Waals surface area contributed by atoms with Crippen molar-refractivity contribution in [2.45, 2.75) is 19.3 Å². The minimum Gasteiger partial charge on any atom is -0.457 e. The Morgan fingerprint density at radius 1 is 0.667 bits per heavy atom. The second kappa shape index (κ2) is 9.35. The lowest BCUT2D eigenvalue weighted by Crippen LogP contribution is -2.30. The molecule has 0 unspecified atom stereocenters. The van der Waals surface area contributed by atoms with Gasteiger partial charge in [0, 0.05) is 45.3 Å². The third-order valence-electron chi connectivity index (χ3n) is 8.32. The van der Waals surface area contributed by atoms with Crippen molar-refractivity contribution in [2.24, 2.45) is 0 Å². The summed E-state index contributed by atoms with van der Waals surface area (Å²) in [5.74, 6) is 1.53. The van der Waals surface area contributed by atoms with Gasteiger partial charge >= 0.3 is 0 Å². The topological polar surface area (TPSA) is 38.5 Å². The molecular formula is C38H28N2O2. The summed E-state index contributed by atoms with van der Waals surface area (Å²) in [7, 11) is 0. The fourth-order valence-corrected chi connectivity index (χ4v) is 6.38. The molecular weight excluding hydrogens is 516 g/mol. The van der Waals surface area contributed by atoms with E-state index in [0.717, 1.165) is 61.8 Å². The van der Waals surface area contributed by atoms with Crippen LogP contribution in [-0.2, 0) is 5.41 Å². The zero-order valence-corrected chi connectivity index (χ0v) is 23.4. The zero-order valence-electron chi connectivity index (χ0n) is 23.4. The minimum absolute atomic E-state index is 0.268. The van der Waals surface area contributed by atoms with E-state index in [1.54, 1.807) is 6.20 Å². The van der Waals surface area contributed by atoms with Gasteiger partial charge in [-0.1, -0.05) is 74.5 Å². The van der Waals surface area contributed by atoms with Gasteiger partial charge in [0.1, 0.15) is 22.7 Å². The summed E-state index contributed by atoms with van der Waals surface area (Å²) in [4.78, 5) is 6.83. The number of nitrogens with zero attached hydrogens (tertiary/aromatic N) is 2. The van der Waals surface area contributed by atoms with Gasteiger partial charge in [0.05, 0.1) is 17.1 Å². The molecule has 4 nitrogen and oxygen atoms in total. The molecule has 0 aliphatic carbocycles. The number of ether oxygens (including phenoxy) is 1. The van der Waals surface area contributed by atoms with Crippen LogP contribution in [0.2, 0.25) is 0 Å². The highest BCUT2D eigenvalue weighted by Crippen LogP contribution is 2.55. The average Bonchev–Trinajstić information content (AvgIpc) is 3.40. The van der Waals surface area contributed by atoms with Crippen LogP contribution in [0.3, 0.4) is 0 Å². The normalized spacial score (nSPS) is 13.6. The lowest BCUT2D eigenvalue weighted by atomic mass is 9.73. The van der Waals surface area contributed by atoms with E-state index in [-0.39, 0.29) is 5.41 Å². The Morgan fingerprint density at radius 2 is 1.45 bits per heavy atom. The molecule has 0 N–H and O–H groups in total. The Bertz CT molecular complexity index is 2110. The van der Waals surface area contributed by atoms with Crippen molar-refractivity contribution in [3.8, 4) is 22.8 Å². The lowest BCUT2D eigenvalue weighted by Gasteiger charge is -2.41.